The van der Waals surface area contributed by atoms with E-state index in [2.05, 4.69) is 0 Å². The molecule has 0 spiro atoms. The van der Waals surface area contributed by atoms with Gasteiger partial charge in [-0.05, 0) is 30.7 Å². The van der Waals surface area contributed by atoms with E-state index in [1.54, 1.807) is 19.1 Å². The standard InChI is InChI=1S/C14H11FO3/c1-8-2-4-10(12(6-8)14(17)18)11-5-3-9(16)7-13(11)15/h2-7,16H,1H3,(H,17,18). The highest BCUT2D eigenvalue weighted by molar-refractivity contribution is 5.96. The van der Waals surface area contributed by atoms with Crippen LogP contribution in [0.15, 0.2) is 36.4 Å². The van der Waals surface area contributed by atoms with Gasteiger partial charge in [-0.25, -0.2) is 9.18 Å². The van der Waals surface area contributed by atoms with E-state index in [1.165, 1.54) is 18.2 Å². The van der Waals surface area contributed by atoms with Gasteiger partial charge in [0.05, 0.1) is 5.56 Å². The number of aromatic hydroxyl groups is 1. The molecule has 0 unspecified atom stereocenters. The average molecular weight is 246 g/mol. The second kappa shape index (κ2) is 4.49. The van der Waals surface area contributed by atoms with Crippen LogP contribution in [0.4, 0.5) is 4.39 Å². The van der Waals surface area contributed by atoms with Crippen LogP contribution < -0.4 is 0 Å². The minimum Gasteiger partial charge on any atom is -0.508 e. The van der Waals surface area contributed by atoms with E-state index in [-0.39, 0.29) is 16.9 Å². The Hall–Kier alpha value is -2.36. The van der Waals surface area contributed by atoms with Crippen molar-refractivity contribution in [3.05, 3.63) is 53.3 Å². The van der Waals surface area contributed by atoms with E-state index in [9.17, 15) is 9.18 Å². The molecule has 0 aliphatic carbocycles. The molecule has 2 aromatic carbocycles. The zero-order valence-corrected chi connectivity index (χ0v) is 9.64. The van der Waals surface area contributed by atoms with Crippen LogP contribution in [0.25, 0.3) is 11.1 Å². The number of carbonyl (C=O) groups is 1. The fourth-order valence-electron chi connectivity index (χ4n) is 1.79. The number of carboxylic acid groups (broad SMARTS) is 1. The van der Waals surface area contributed by atoms with Crippen LogP contribution in [0.5, 0.6) is 5.75 Å². The summed E-state index contributed by atoms with van der Waals surface area (Å²) in [6, 6.07) is 8.42. The second-order valence-corrected chi connectivity index (χ2v) is 4.02. The molecule has 2 aromatic rings. The van der Waals surface area contributed by atoms with Gasteiger partial charge in [0.1, 0.15) is 11.6 Å². The maximum atomic E-state index is 13.7. The quantitative estimate of drug-likeness (QED) is 0.855. The molecule has 0 heterocycles. The van der Waals surface area contributed by atoms with Gasteiger partial charge in [-0.1, -0.05) is 17.7 Å². The van der Waals surface area contributed by atoms with Crippen molar-refractivity contribution in [2.75, 3.05) is 0 Å². The lowest BCUT2D eigenvalue weighted by atomic mass is 9.97. The van der Waals surface area contributed by atoms with Crippen LogP contribution in [0, 0.1) is 12.7 Å². The maximum absolute atomic E-state index is 13.7. The molecular weight excluding hydrogens is 235 g/mol. The third-order valence-corrected chi connectivity index (χ3v) is 2.65. The monoisotopic (exact) mass is 246 g/mol. The molecule has 18 heavy (non-hydrogen) atoms. The van der Waals surface area contributed by atoms with Gasteiger partial charge < -0.3 is 10.2 Å². The molecule has 0 amide bonds. The highest BCUT2D eigenvalue weighted by Gasteiger charge is 2.15. The van der Waals surface area contributed by atoms with Gasteiger partial charge in [-0.2, -0.15) is 0 Å². The van der Waals surface area contributed by atoms with E-state index in [4.69, 9.17) is 10.2 Å². The van der Waals surface area contributed by atoms with Crippen molar-refractivity contribution >= 4 is 5.97 Å². The predicted octanol–water partition coefficient (Wildman–Crippen LogP) is 3.20. The fraction of sp³-hybridized carbons (Fsp3) is 0.0714. The molecule has 0 bridgehead atoms. The third-order valence-electron chi connectivity index (χ3n) is 2.65. The Morgan fingerprint density at radius 1 is 1.11 bits per heavy atom. The highest BCUT2D eigenvalue weighted by atomic mass is 19.1. The first-order valence-electron chi connectivity index (χ1n) is 5.32. The average Bonchev–Trinajstić information content (AvgIpc) is 2.29. The predicted molar refractivity (Wildman–Crippen MR) is 65.2 cm³/mol. The minimum absolute atomic E-state index is 0.0413. The fourth-order valence-corrected chi connectivity index (χ4v) is 1.79. The molecule has 4 heteroatoms. The first-order valence-corrected chi connectivity index (χ1v) is 5.32. The van der Waals surface area contributed by atoms with Crippen LogP contribution in [-0.2, 0) is 0 Å². The molecule has 3 nitrogen and oxygen atoms in total. The number of rotatable bonds is 2. The van der Waals surface area contributed by atoms with Crippen LogP contribution >= 0.6 is 0 Å². The molecule has 2 N–H and O–H groups in total. The largest absolute Gasteiger partial charge is 0.508 e. The van der Waals surface area contributed by atoms with E-state index < -0.39 is 11.8 Å². The van der Waals surface area contributed by atoms with Gasteiger partial charge in [0.25, 0.3) is 0 Å². The number of aromatic carboxylic acids is 1. The number of carboxylic acids is 1. The number of phenols is 1. The number of halogens is 1. The zero-order chi connectivity index (χ0) is 13.3. The van der Waals surface area contributed by atoms with E-state index in [0.717, 1.165) is 11.6 Å². The Balaban J connectivity index is 2.67. The summed E-state index contributed by atoms with van der Waals surface area (Å²) in [5, 5.41) is 18.3. The maximum Gasteiger partial charge on any atom is 0.336 e. The Labute approximate surface area is 103 Å². The summed E-state index contributed by atoms with van der Waals surface area (Å²) in [5.74, 6) is -1.96. The van der Waals surface area contributed by atoms with Gasteiger partial charge in [0.15, 0.2) is 0 Å². The molecule has 0 aliphatic rings. The molecule has 0 radical (unpaired) electrons. The van der Waals surface area contributed by atoms with Crippen LogP contribution in [0.2, 0.25) is 0 Å². The van der Waals surface area contributed by atoms with Crippen LogP contribution in [0.3, 0.4) is 0 Å². The molecule has 92 valence electrons. The number of hydrogen-bond donors (Lipinski definition) is 2. The van der Waals surface area contributed by atoms with Crippen molar-refractivity contribution in [1.29, 1.82) is 0 Å². The van der Waals surface area contributed by atoms with Crippen molar-refractivity contribution in [3.63, 3.8) is 0 Å². The van der Waals surface area contributed by atoms with E-state index in [0.29, 0.717) is 5.56 Å². The zero-order valence-electron chi connectivity index (χ0n) is 9.64. The van der Waals surface area contributed by atoms with Gasteiger partial charge in [0, 0.05) is 11.6 Å². The summed E-state index contributed by atoms with van der Waals surface area (Å²) in [7, 11) is 0. The van der Waals surface area contributed by atoms with Gasteiger partial charge in [-0.3, -0.25) is 0 Å². The van der Waals surface area contributed by atoms with E-state index >= 15 is 0 Å². The molecular formula is C14H11FO3. The molecule has 0 aromatic heterocycles. The minimum atomic E-state index is -1.11. The van der Waals surface area contributed by atoms with Gasteiger partial charge in [-0.15, -0.1) is 0 Å². The number of aryl methyl sites for hydroxylation is 1. The topological polar surface area (TPSA) is 57.5 Å². The summed E-state index contributed by atoms with van der Waals surface area (Å²) in [6.07, 6.45) is 0. The third kappa shape index (κ3) is 2.18. The molecule has 0 aliphatic heterocycles. The van der Waals surface area contributed by atoms with Crippen LogP contribution in [-0.4, -0.2) is 16.2 Å². The lowest BCUT2D eigenvalue weighted by Gasteiger charge is -2.08. The second-order valence-electron chi connectivity index (χ2n) is 4.02. The summed E-state index contributed by atoms with van der Waals surface area (Å²) in [6.45, 7) is 1.77. The van der Waals surface area contributed by atoms with Crippen molar-refractivity contribution in [2.24, 2.45) is 0 Å². The summed E-state index contributed by atoms with van der Waals surface area (Å²) >= 11 is 0. The van der Waals surface area contributed by atoms with Crippen LogP contribution in [0.1, 0.15) is 15.9 Å². The molecule has 0 atom stereocenters. The number of hydrogen-bond acceptors (Lipinski definition) is 2. The lowest BCUT2D eigenvalue weighted by molar-refractivity contribution is 0.0697. The van der Waals surface area contributed by atoms with Gasteiger partial charge >= 0.3 is 5.97 Å². The number of phenolic OH excluding ortho intramolecular Hbond substituents is 1. The lowest BCUT2D eigenvalue weighted by Crippen LogP contribution is -2.01. The van der Waals surface area contributed by atoms with E-state index in [1.807, 2.05) is 0 Å². The van der Waals surface area contributed by atoms with Crippen molar-refractivity contribution in [3.8, 4) is 16.9 Å². The molecule has 2 rings (SSSR count). The normalized spacial score (nSPS) is 10.3. The summed E-state index contributed by atoms with van der Waals surface area (Å²) in [4.78, 5) is 11.2. The molecule has 0 saturated carbocycles. The Bertz CT molecular complexity index is 620. The molecule has 0 saturated heterocycles. The first-order chi connectivity index (χ1) is 8.49. The SMILES string of the molecule is Cc1ccc(-c2ccc(O)cc2F)c(C(=O)O)c1. The Kier molecular flexibility index (Phi) is 3.02. The number of benzene rings is 2. The van der Waals surface area contributed by atoms with Crippen molar-refractivity contribution in [1.82, 2.24) is 0 Å². The van der Waals surface area contributed by atoms with Crippen molar-refractivity contribution in [2.45, 2.75) is 6.92 Å². The van der Waals surface area contributed by atoms with Crippen molar-refractivity contribution < 1.29 is 19.4 Å². The first kappa shape index (κ1) is 12.1. The highest BCUT2D eigenvalue weighted by Crippen LogP contribution is 2.29. The summed E-state index contributed by atoms with van der Waals surface area (Å²) < 4.78 is 13.7. The Morgan fingerprint density at radius 3 is 2.39 bits per heavy atom. The Morgan fingerprint density at radius 2 is 1.78 bits per heavy atom. The van der Waals surface area contributed by atoms with Gasteiger partial charge in [0.2, 0.25) is 0 Å². The smallest absolute Gasteiger partial charge is 0.336 e. The summed E-state index contributed by atoms with van der Waals surface area (Å²) in [5.41, 5.74) is 1.28. The molecule has 0 fully saturated rings.